The molecule has 5 rings (SSSR count). The average molecular weight is 412 g/mol. The Kier molecular flexibility index (Phi) is 5.14. The SMILES string of the molecule is O=c1c2c(n(Cc3cccnc3)n1-c1ccccc1)CN(Cc1ccc(O)cc1)CC2. The summed E-state index contributed by atoms with van der Waals surface area (Å²) in [6, 6.07) is 21.1. The van der Waals surface area contributed by atoms with Crippen LogP contribution < -0.4 is 5.56 Å². The summed E-state index contributed by atoms with van der Waals surface area (Å²) in [5.41, 5.74) is 5.09. The molecule has 1 aliphatic heterocycles. The molecular weight excluding hydrogens is 388 g/mol. The molecule has 2 aromatic heterocycles. The van der Waals surface area contributed by atoms with Crippen molar-refractivity contribution in [2.75, 3.05) is 6.54 Å². The zero-order chi connectivity index (χ0) is 21.2. The molecule has 0 bridgehead atoms. The Morgan fingerprint density at radius 3 is 2.45 bits per heavy atom. The third-order valence-corrected chi connectivity index (χ3v) is 5.80. The maximum absolute atomic E-state index is 13.4. The van der Waals surface area contributed by atoms with Gasteiger partial charge in [0.1, 0.15) is 5.75 Å². The molecule has 0 unspecified atom stereocenters. The van der Waals surface area contributed by atoms with Gasteiger partial charge < -0.3 is 5.11 Å². The van der Waals surface area contributed by atoms with Crippen LogP contribution in [0.1, 0.15) is 22.4 Å². The smallest absolute Gasteiger partial charge is 0.274 e. The summed E-state index contributed by atoms with van der Waals surface area (Å²) in [5.74, 6) is 0.273. The van der Waals surface area contributed by atoms with Crippen molar-refractivity contribution >= 4 is 0 Å². The van der Waals surface area contributed by atoms with Gasteiger partial charge in [-0.25, -0.2) is 4.68 Å². The number of aromatic hydroxyl groups is 1. The standard InChI is InChI=1S/C25H24N4O2/c30-22-10-8-19(9-11-22)16-27-14-12-23-24(18-27)28(17-20-5-4-13-26-15-20)29(25(23)31)21-6-2-1-3-7-21/h1-11,13,15,30H,12,14,16-18H2. The first-order valence-corrected chi connectivity index (χ1v) is 10.5. The van der Waals surface area contributed by atoms with Crippen molar-refractivity contribution in [3.8, 4) is 11.4 Å². The second-order valence-electron chi connectivity index (χ2n) is 7.92. The van der Waals surface area contributed by atoms with E-state index in [4.69, 9.17) is 0 Å². The van der Waals surface area contributed by atoms with Gasteiger partial charge >= 0.3 is 0 Å². The lowest BCUT2D eigenvalue weighted by Crippen LogP contribution is -2.32. The van der Waals surface area contributed by atoms with Crippen LogP contribution in [0.2, 0.25) is 0 Å². The number of aromatic nitrogens is 3. The van der Waals surface area contributed by atoms with Gasteiger partial charge in [-0.3, -0.25) is 19.4 Å². The Bertz CT molecular complexity index is 1230. The van der Waals surface area contributed by atoms with Crippen LogP contribution in [0.15, 0.2) is 83.9 Å². The number of phenolic OH excluding ortho intramolecular Hbond substituents is 1. The van der Waals surface area contributed by atoms with Gasteiger partial charge in [0.05, 0.1) is 17.9 Å². The van der Waals surface area contributed by atoms with Gasteiger partial charge in [-0.05, 0) is 47.9 Å². The summed E-state index contributed by atoms with van der Waals surface area (Å²) in [5, 5.41) is 9.55. The van der Waals surface area contributed by atoms with Gasteiger partial charge in [0.15, 0.2) is 0 Å². The molecule has 0 saturated heterocycles. The Morgan fingerprint density at radius 2 is 1.71 bits per heavy atom. The first-order valence-electron chi connectivity index (χ1n) is 10.5. The van der Waals surface area contributed by atoms with Gasteiger partial charge in [0, 0.05) is 37.6 Å². The van der Waals surface area contributed by atoms with Crippen molar-refractivity contribution < 1.29 is 5.11 Å². The summed E-state index contributed by atoms with van der Waals surface area (Å²) >= 11 is 0. The predicted octanol–water partition coefficient (Wildman–Crippen LogP) is 3.35. The highest BCUT2D eigenvalue weighted by molar-refractivity contribution is 5.35. The molecular formula is C25H24N4O2. The van der Waals surface area contributed by atoms with E-state index >= 15 is 0 Å². The van der Waals surface area contributed by atoms with Gasteiger partial charge in [0.2, 0.25) is 0 Å². The fourth-order valence-corrected chi connectivity index (χ4v) is 4.28. The van der Waals surface area contributed by atoms with Crippen molar-refractivity contribution in [3.05, 3.63) is 112 Å². The number of nitrogens with zero attached hydrogens (tertiary/aromatic N) is 4. The van der Waals surface area contributed by atoms with Crippen LogP contribution in [0.5, 0.6) is 5.75 Å². The Morgan fingerprint density at radius 1 is 0.903 bits per heavy atom. The molecule has 3 heterocycles. The summed E-state index contributed by atoms with van der Waals surface area (Å²) in [7, 11) is 0. The maximum Gasteiger partial charge on any atom is 0.274 e. The molecule has 2 aromatic carbocycles. The highest BCUT2D eigenvalue weighted by atomic mass is 16.3. The van der Waals surface area contributed by atoms with Crippen molar-refractivity contribution in [1.82, 2.24) is 19.2 Å². The summed E-state index contributed by atoms with van der Waals surface area (Å²) in [6.07, 6.45) is 4.33. The third kappa shape index (κ3) is 3.90. The molecule has 31 heavy (non-hydrogen) atoms. The maximum atomic E-state index is 13.4. The molecule has 0 radical (unpaired) electrons. The Hall–Kier alpha value is -3.64. The summed E-state index contributed by atoms with van der Waals surface area (Å²) < 4.78 is 3.91. The second-order valence-corrected chi connectivity index (χ2v) is 7.92. The normalized spacial score (nSPS) is 13.8. The van der Waals surface area contributed by atoms with Crippen LogP contribution in [0.4, 0.5) is 0 Å². The molecule has 0 atom stereocenters. The number of hydrogen-bond donors (Lipinski definition) is 1. The zero-order valence-electron chi connectivity index (χ0n) is 17.2. The quantitative estimate of drug-likeness (QED) is 0.546. The van der Waals surface area contributed by atoms with E-state index in [9.17, 15) is 9.90 Å². The fourth-order valence-electron chi connectivity index (χ4n) is 4.28. The van der Waals surface area contributed by atoms with Crippen molar-refractivity contribution in [2.24, 2.45) is 0 Å². The first-order chi connectivity index (χ1) is 15.2. The molecule has 0 aliphatic carbocycles. The molecule has 0 saturated carbocycles. The predicted molar refractivity (Wildman–Crippen MR) is 119 cm³/mol. The van der Waals surface area contributed by atoms with Gasteiger partial charge in [-0.1, -0.05) is 36.4 Å². The number of benzene rings is 2. The first kappa shape index (κ1) is 19.3. The summed E-state index contributed by atoms with van der Waals surface area (Å²) in [4.78, 5) is 20.0. The molecule has 6 heteroatoms. The van der Waals surface area contributed by atoms with Crippen LogP contribution in [0.25, 0.3) is 5.69 Å². The Balaban J connectivity index is 1.54. The lowest BCUT2D eigenvalue weighted by Gasteiger charge is -2.28. The van der Waals surface area contributed by atoms with E-state index in [0.29, 0.717) is 13.1 Å². The van der Waals surface area contributed by atoms with Crippen LogP contribution in [0, 0.1) is 0 Å². The number of rotatable bonds is 5. The van der Waals surface area contributed by atoms with E-state index in [2.05, 4.69) is 14.6 Å². The third-order valence-electron chi connectivity index (χ3n) is 5.80. The number of fused-ring (bicyclic) bond motifs is 1. The molecule has 1 N–H and O–H groups in total. The molecule has 0 amide bonds. The van der Waals surface area contributed by atoms with E-state index in [0.717, 1.165) is 47.6 Å². The zero-order valence-corrected chi connectivity index (χ0v) is 17.2. The number of hydrogen-bond acceptors (Lipinski definition) is 4. The highest BCUT2D eigenvalue weighted by Crippen LogP contribution is 2.22. The molecule has 6 nitrogen and oxygen atoms in total. The monoisotopic (exact) mass is 412 g/mol. The minimum Gasteiger partial charge on any atom is -0.508 e. The lowest BCUT2D eigenvalue weighted by molar-refractivity contribution is 0.236. The van der Waals surface area contributed by atoms with Crippen LogP contribution in [0.3, 0.4) is 0 Å². The minimum atomic E-state index is 0.0642. The molecule has 0 fully saturated rings. The van der Waals surface area contributed by atoms with Crippen LogP contribution in [-0.4, -0.2) is 30.9 Å². The van der Waals surface area contributed by atoms with Crippen LogP contribution in [-0.2, 0) is 26.1 Å². The Labute approximate surface area is 180 Å². The van der Waals surface area contributed by atoms with Crippen LogP contribution >= 0.6 is 0 Å². The molecule has 156 valence electrons. The van der Waals surface area contributed by atoms with E-state index in [1.807, 2.05) is 65.5 Å². The van der Waals surface area contributed by atoms with Crippen molar-refractivity contribution in [2.45, 2.75) is 26.1 Å². The van der Waals surface area contributed by atoms with E-state index in [-0.39, 0.29) is 11.3 Å². The topological polar surface area (TPSA) is 63.3 Å². The van der Waals surface area contributed by atoms with E-state index in [1.165, 1.54) is 0 Å². The van der Waals surface area contributed by atoms with Crippen molar-refractivity contribution in [3.63, 3.8) is 0 Å². The van der Waals surface area contributed by atoms with Gasteiger partial charge in [0.25, 0.3) is 5.56 Å². The lowest BCUT2D eigenvalue weighted by atomic mass is 10.1. The van der Waals surface area contributed by atoms with E-state index < -0.39 is 0 Å². The number of pyridine rings is 1. The molecule has 1 aliphatic rings. The molecule has 4 aromatic rings. The van der Waals surface area contributed by atoms with E-state index in [1.54, 1.807) is 18.3 Å². The fraction of sp³-hybridized carbons (Fsp3) is 0.200. The number of phenols is 1. The number of para-hydroxylation sites is 1. The molecule has 0 spiro atoms. The highest BCUT2D eigenvalue weighted by Gasteiger charge is 2.27. The van der Waals surface area contributed by atoms with Gasteiger partial charge in [-0.15, -0.1) is 0 Å². The van der Waals surface area contributed by atoms with Gasteiger partial charge in [-0.2, -0.15) is 0 Å². The largest absolute Gasteiger partial charge is 0.508 e. The summed E-state index contributed by atoms with van der Waals surface area (Å²) in [6.45, 7) is 2.89. The minimum absolute atomic E-state index is 0.0642. The second kappa shape index (κ2) is 8.24. The average Bonchev–Trinajstić information content (AvgIpc) is 3.07. The van der Waals surface area contributed by atoms with Crippen molar-refractivity contribution in [1.29, 1.82) is 0 Å².